The van der Waals surface area contributed by atoms with E-state index >= 15 is 0 Å². The first kappa shape index (κ1) is 16.4. The van der Waals surface area contributed by atoms with Gasteiger partial charge >= 0.3 is 5.97 Å². The molecule has 2 N–H and O–H groups in total. The third kappa shape index (κ3) is 5.09. The minimum absolute atomic E-state index is 0.0257. The molecule has 1 aliphatic rings. The lowest BCUT2D eigenvalue weighted by Crippen LogP contribution is -2.50. The van der Waals surface area contributed by atoms with Crippen LogP contribution in [0.1, 0.15) is 40.0 Å². The van der Waals surface area contributed by atoms with Crippen LogP contribution >= 0.6 is 0 Å². The number of carbonyl (C=O) groups is 1. The highest BCUT2D eigenvalue weighted by Gasteiger charge is 2.45. The molecule has 0 aliphatic heterocycles. The Morgan fingerprint density at radius 2 is 2.21 bits per heavy atom. The maximum absolute atomic E-state index is 11.4. The monoisotopic (exact) mass is 273 g/mol. The van der Waals surface area contributed by atoms with E-state index in [9.17, 15) is 9.90 Å². The molecule has 112 valence electrons. The minimum atomic E-state index is -0.793. The predicted molar refractivity (Wildman–Crippen MR) is 73.3 cm³/mol. The fraction of sp³-hybridized carbons (Fsp3) is 0.929. The zero-order valence-corrected chi connectivity index (χ0v) is 12.3. The fourth-order valence-electron chi connectivity index (χ4n) is 2.50. The van der Waals surface area contributed by atoms with E-state index in [0.29, 0.717) is 38.5 Å². The van der Waals surface area contributed by atoms with Crippen molar-refractivity contribution in [2.45, 2.75) is 51.7 Å². The molecule has 0 spiro atoms. The van der Waals surface area contributed by atoms with Crippen LogP contribution in [0.3, 0.4) is 0 Å². The smallest absolute Gasteiger partial charge is 0.323 e. The Labute approximate surface area is 115 Å². The summed E-state index contributed by atoms with van der Waals surface area (Å²) in [6, 6.07) is 0. The molecule has 0 aromatic carbocycles. The third-order valence-corrected chi connectivity index (χ3v) is 3.43. The first-order valence-electron chi connectivity index (χ1n) is 7.18. The molecule has 0 aromatic heterocycles. The highest BCUT2D eigenvalue weighted by atomic mass is 16.5. The Balaban J connectivity index is 2.25. The molecule has 1 rings (SSSR count). The van der Waals surface area contributed by atoms with Crippen LogP contribution in [-0.2, 0) is 14.3 Å². The van der Waals surface area contributed by atoms with Crippen LogP contribution in [0.4, 0.5) is 0 Å². The van der Waals surface area contributed by atoms with Gasteiger partial charge in [0.15, 0.2) is 0 Å². The van der Waals surface area contributed by atoms with Crippen molar-refractivity contribution >= 4 is 5.97 Å². The topological polar surface area (TPSA) is 67.8 Å². The van der Waals surface area contributed by atoms with Crippen molar-refractivity contribution in [2.75, 3.05) is 26.4 Å². The molecule has 0 radical (unpaired) electrons. The summed E-state index contributed by atoms with van der Waals surface area (Å²) in [6.07, 6.45) is 2.00. The Bertz CT molecular complexity index is 283. The van der Waals surface area contributed by atoms with Crippen molar-refractivity contribution in [1.29, 1.82) is 0 Å². The van der Waals surface area contributed by atoms with E-state index in [1.54, 1.807) is 0 Å². The van der Waals surface area contributed by atoms with Gasteiger partial charge in [-0.05, 0) is 25.3 Å². The molecule has 0 heterocycles. The molecule has 5 heteroatoms. The Morgan fingerprint density at radius 3 is 2.79 bits per heavy atom. The van der Waals surface area contributed by atoms with Crippen LogP contribution in [0.25, 0.3) is 0 Å². The number of hydrogen-bond donors (Lipinski definition) is 2. The van der Waals surface area contributed by atoms with E-state index in [0.717, 1.165) is 13.0 Å². The SMILES string of the molecule is CCNC1(C(=O)O)CCC(OCCOCC(C)C)C1. The van der Waals surface area contributed by atoms with Gasteiger partial charge in [0.05, 0.1) is 19.3 Å². The first-order valence-corrected chi connectivity index (χ1v) is 7.18. The van der Waals surface area contributed by atoms with Crippen LogP contribution in [0.5, 0.6) is 0 Å². The van der Waals surface area contributed by atoms with E-state index < -0.39 is 11.5 Å². The van der Waals surface area contributed by atoms with E-state index in [1.807, 2.05) is 6.92 Å². The number of hydrogen-bond acceptors (Lipinski definition) is 4. The number of carboxylic acids is 1. The molecule has 1 fully saturated rings. The lowest BCUT2D eigenvalue weighted by molar-refractivity contribution is -0.145. The summed E-state index contributed by atoms with van der Waals surface area (Å²) < 4.78 is 11.2. The van der Waals surface area contributed by atoms with Crippen molar-refractivity contribution in [3.8, 4) is 0 Å². The Kier molecular flexibility index (Phi) is 6.75. The van der Waals surface area contributed by atoms with Gasteiger partial charge in [0.1, 0.15) is 5.54 Å². The lowest BCUT2D eigenvalue weighted by atomic mass is 9.98. The average Bonchev–Trinajstić information content (AvgIpc) is 2.74. The van der Waals surface area contributed by atoms with Crippen molar-refractivity contribution in [2.24, 2.45) is 5.92 Å². The predicted octanol–water partition coefficient (Wildman–Crippen LogP) is 1.66. The van der Waals surface area contributed by atoms with E-state index in [2.05, 4.69) is 19.2 Å². The van der Waals surface area contributed by atoms with Crippen molar-refractivity contribution in [3.05, 3.63) is 0 Å². The third-order valence-electron chi connectivity index (χ3n) is 3.43. The molecule has 2 unspecified atom stereocenters. The molecule has 0 aromatic rings. The number of likely N-dealkylation sites (N-methyl/N-ethyl adjacent to an activating group) is 1. The van der Waals surface area contributed by atoms with Gasteiger partial charge < -0.3 is 19.9 Å². The average molecular weight is 273 g/mol. The van der Waals surface area contributed by atoms with Crippen molar-refractivity contribution in [1.82, 2.24) is 5.32 Å². The summed E-state index contributed by atoms with van der Waals surface area (Å²) in [5.41, 5.74) is -0.793. The van der Waals surface area contributed by atoms with E-state index in [1.165, 1.54) is 0 Å². The van der Waals surface area contributed by atoms with Crippen molar-refractivity contribution in [3.63, 3.8) is 0 Å². The first-order chi connectivity index (χ1) is 9.00. The highest BCUT2D eigenvalue weighted by Crippen LogP contribution is 2.32. The molecule has 0 amide bonds. The minimum Gasteiger partial charge on any atom is -0.480 e. The van der Waals surface area contributed by atoms with E-state index in [-0.39, 0.29) is 6.10 Å². The number of aliphatic carboxylic acids is 1. The van der Waals surface area contributed by atoms with Crippen LogP contribution in [0.2, 0.25) is 0 Å². The molecular formula is C14H27NO4. The molecule has 5 nitrogen and oxygen atoms in total. The fourth-order valence-corrected chi connectivity index (χ4v) is 2.50. The second kappa shape index (κ2) is 7.82. The zero-order chi connectivity index (χ0) is 14.3. The quantitative estimate of drug-likeness (QED) is 0.625. The number of carboxylic acid groups (broad SMARTS) is 1. The summed E-state index contributed by atoms with van der Waals surface area (Å²) in [4.78, 5) is 11.4. The van der Waals surface area contributed by atoms with Crippen LogP contribution < -0.4 is 5.32 Å². The van der Waals surface area contributed by atoms with E-state index in [4.69, 9.17) is 9.47 Å². The zero-order valence-electron chi connectivity index (χ0n) is 12.3. The largest absolute Gasteiger partial charge is 0.480 e. The maximum Gasteiger partial charge on any atom is 0.323 e. The van der Waals surface area contributed by atoms with Crippen molar-refractivity contribution < 1.29 is 19.4 Å². The molecule has 1 saturated carbocycles. The number of nitrogens with one attached hydrogen (secondary N) is 1. The lowest BCUT2D eigenvalue weighted by Gasteiger charge is -2.25. The summed E-state index contributed by atoms with van der Waals surface area (Å²) in [5.74, 6) is -0.239. The van der Waals surface area contributed by atoms with Gasteiger partial charge in [-0.15, -0.1) is 0 Å². The standard InChI is InChI=1S/C14H27NO4/c1-4-15-14(13(16)17)6-5-12(9-14)19-8-7-18-10-11(2)3/h11-12,15H,4-10H2,1-3H3,(H,16,17). The molecular weight excluding hydrogens is 246 g/mol. The maximum atomic E-state index is 11.4. The molecule has 19 heavy (non-hydrogen) atoms. The summed E-state index contributed by atoms with van der Waals surface area (Å²) in [6.45, 7) is 8.67. The van der Waals surface area contributed by atoms with Gasteiger partial charge in [-0.3, -0.25) is 4.79 Å². The molecule has 1 aliphatic carbocycles. The number of ether oxygens (including phenoxy) is 2. The normalized spacial score (nSPS) is 27.1. The van der Waals surface area contributed by atoms with Crippen LogP contribution in [0.15, 0.2) is 0 Å². The van der Waals surface area contributed by atoms with Gasteiger partial charge in [0, 0.05) is 13.0 Å². The van der Waals surface area contributed by atoms with Gasteiger partial charge in [-0.2, -0.15) is 0 Å². The summed E-state index contributed by atoms with van der Waals surface area (Å²) in [7, 11) is 0. The van der Waals surface area contributed by atoms with Gasteiger partial charge in [0.2, 0.25) is 0 Å². The Morgan fingerprint density at radius 1 is 1.47 bits per heavy atom. The van der Waals surface area contributed by atoms with Gasteiger partial charge in [-0.25, -0.2) is 0 Å². The Hall–Kier alpha value is -0.650. The van der Waals surface area contributed by atoms with Gasteiger partial charge in [0.25, 0.3) is 0 Å². The molecule has 0 saturated heterocycles. The molecule has 0 bridgehead atoms. The highest BCUT2D eigenvalue weighted by molar-refractivity contribution is 5.79. The van der Waals surface area contributed by atoms with Crippen LogP contribution in [0, 0.1) is 5.92 Å². The summed E-state index contributed by atoms with van der Waals surface area (Å²) >= 11 is 0. The second-order valence-corrected chi connectivity index (χ2v) is 5.62. The van der Waals surface area contributed by atoms with Crippen LogP contribution in [-0.4, -0.2) is 49.1 Å². The second-order valence-electron chi connectivity index (χ2n) is 5.62. The van der Waals surface area contributed by atoms with Gasteiger partial charge in [-0.1, -0.05) is 20.8 Å². The molecule has 2 atom stereocenters. The summed E-state index contributed by atoms with van der Waals surface area (Å²) in [5, 5.41) is 12.4. The number of rotatable bonds is 9.